The van der Waals surface area contributed by atoms with Crippen LogP contribution in [0.4, 0.5) is 0 Å². The number of halogens is 2. The van der Waals surface area contributed by atoms with Crippen molar-refractivity contribution < 1.29 is 4.79 Å². The van der Waals surface area contributed by atoms with Crippen LogP contribution in [-0.4, -0.2) is 10.8 Å². The van der Waals surface area contributed by atoms with Crippen molar-refractivity contribution in [2.45, 2.75) is 6.92 Å². The van der Waals surface area contributed by atoms with E-state index in [1.165, 1.54) is 0 Å². The van der Waals surface area contributed by atoms with Crippen LogP contribution in [0.3, 0.4) is 0 Å². The number of pyridine rings is 1. The fourth-order valence-electron chi connectivity index (χ4n) is 3.43. The van der Waals surface area contributed by atoms with E-state index in [1.807, 2.05) is 85.8 Å². The van der Waals surface area contributed by atoms with Gasteiger partial charge in [-0.05, 0) is 54.5 Å². The average molecular weight is 463 g/mol. The first-order valence-corrected chi connectivity index (χ1v) is 10.3. The smallest absolute Gasteiger partial charge is 0.188 e. The minimum Gasteiger partial charge on any atom is -0.289 e. The number of allylic oxidation sites excluding steroid dienone is 1. The average Bonchev–Trinajstić information content (AvgIpc) is 2.72. The topological polar surface area (TPSA) is 30.0 Å². The highest BCUT2D eigenvalue weighted by atomic mass is 79.9. The molecule has 0 amide bonds. The minimum absolute atomic E-state index is 0.0873. The van der Waals surface area contributed by atoms with Gasteiger partial charge in [-0.15, -0.1) is 0 Å². The molecule has 0 aliphatic carbocycles. The molecular formula is C25H17BrClNO. The van der Waals surface area contributed by atoms with Gasteiger partial charge in [-0.1, -0.05) is 76.1 Å². The van der Waals surface area contributed by atoms with Crippen LogP contribution in [0.5, 0.6) is 0 Å². The van der Waals surface area contributed by atoms with Crippen molar-refractivity contribution in [2.24, 2.45) is 0 Å². The third kappa shape index (κ3) is 4.16. The second kappa shape index (κ2) is 8.32. The molecule has 0 saturated carbocycles. The maximum absolute atomic E-state index is 13.3. The maximum atomic E-state index is 13.3. The fraction of sp³-hybridized carbons (Fsp3) is 0.0400. The van der Waals surface area contributed by atoms with Gasteiger partial charge in [-0.2, -0.15) is 0 Å². The lowest BCUT2D eigenvalue weighted by molar-refractivity contribution is 0.104. The zero-order chi connectivity index (χ0) is 20.4. The molecule has 0 fully saturated rings. The predicted octanol–water partition coefficient (Wildman–Crippen LogP) is 7.52. The Kier molecular flexibility index (Phi) is 5.61. The quantitative estimate of drug-likeness (QED) is 0.232. The van der Waals surface area contributed by atoms with Crippen LogP contribution in [0, 0.1) is 6.92 Å². The fourth-order valence-corrected chi connectivity index (χ4v) is 4.02. The molecule has 1 aromatic heterocycles. The van der Waals surface area contributed by atoms with Crippen molar-refractivity contribution in [3.05, 3.63) is 105 Å². The van der Waals surface area contributed by atoms with E-state index in [9.17, 15) is 4.79 Å². The Bertz CT molecular complexity index is 1250. The number of ketones is 1. The Labute approximate surface area is 183 Å². The number of carbonyl (C=O) groups is 1. The zero-order valence-electron chi connectivity index (χ0n) is 15.7. The van der Waals surface area contributed by atoms with Gasteiger partial charge in [0.25, 0.3) is 0 Å². The molecule has 0 bridgehead atoms. The molecule has 1 heterocycles. The monoisotopic (exact) mass is 461 g/mol. The normalized spacial score (nSPS) is 11.3. The largest absolute Gasteiger partial charge is 0.289 e. The second-order valence-corrected chi connectivity index (χ2v) is 8.08. The summed E-state index contributed by atoms with van der Waals surface area (Å²) >= 11 is 9.74. The van der Waals surface area contributed by atoms with Crippen molar-refractivity contribution in [3.8, 4) is 11.1 Å². The molecule has 4 aromatic rings. The van der Waals surface area contributed by atoms with Crippen molar-refractivity contribution in [1.29, 1.82) is 0 Å². The van der Waals surface area contributed by atoms with Crippen LogP contribution < -0.4 is 0 Å². The summed E-state index contributed by atoms with van der Waals surface area (Å²) < 4.78 is 0.968. The third-order valence-corrected chi connectivity index (χ3v) is 5.44. The van der Waals surface area contributed by atoms with Gasteiger partial charge < -0.3 is 0 Å². The summed E-state index contributed by atoms with van der Waals surface area (Å²) in [5.74, 6) is -0.0873. The predicted molar refractivity (Wildman–Crippen MR) is 124 cm³/mol. The van der Waals surface area contributed by atoms with Crippen molar-refractivity contribution in [2.75, 3.05) is 0 Å². The highest BCUT2D eigenvalue weighted by Gasteiger charge is 2.19. The number of aromatic nitrogens is 1. The van der Waals surface area contributed by atoms with E-state index in [4.69, 9.17) is 11.6 Å². The Morgan fingerprint density at radius 2 is 1.79 bits per heavy atom. The van der Waals surface area contributed by atoms with Crippen LogP contribution >= 0.6 is 27.5 Å². The van der Waals surface area contributed by atoms with Crippen LogP contribution in [0.25, 0.3) is 28.1 Å². The van der Waals surface area contributed by atoms with Gasteiger partial charge in [0.05, 0.1) is 11.1 Å². The van der Waals surface area contributed by atoms with Gasteiger partial charge in [0.2, 0.25) is 0 Å². The van der Waals surface area contributed by atoms with Crippen molar-refractivity contribution in [1.82, 2.24) is 4.98 Å². The molecule has 0 atom stereocenters. The van der Waals surface area contributed by atoms with Crippen molar-refractivity contribution in [3.63, 3.8) is 0 Å². The van der Waals surface area contributed by atoms with Crippen LogP contribution in [0.1, 0.15) is 21.6 Å². The van der Waals surface area contributed by atoms with E-state index in [-0.39, 0.29) is 5.78 Å². The summed E-state index contributed by atoms with van der Waals surface area (Å²) in [4.78, 5) is 17.9. The van der Waals surface area contributed by atoms with E-state index >= 15 is 0 Å². The van der Waals surface area contributed by atoms with Gasteiger partial charge >= 0.3 is 0 Å². The molecule has 4 rings (SSSR count). The Morgan fingerprint density at radius 3 is 2.55 bits per heavy atom. The summed E-state index contributed by atoms with van der Waals surface area (Å²) in [7, 11) is 0. The Balaban J connectivity index is 1.91. The molecule has 0 spiro atoms. The first-order valence-electron chi connectivity index (χ1n) is 9.16. The summed E-state index contributed by atoms with van der Waals surface area (Å²) in [5.41, 5.74) is 4.88. The van der Waals surface area contributed by atoms with E-state index in [0.717, 1.165) is 32.1 Å². The number of hydrogen-bond donors (Lipinski definition) is 0. The lowest BCUT2D eigenvalue weighted by atomic mass is 9.92. The molecule has 0 saturated heterocycles. The number of fused-ring (bicyclic) bond motifs is 1. The summed E-state index contributed by atoms with van der Waals surface area (Å²) in [6, 6.07) is 23.3. The standard InChI is InChI=1S/C25H17BrClNO/c1-16-24(23(29)13-10-17-6-5-9-19(26)14-17)25(18-7-3-2-4-8-18)21-15-20(27)11-12-22(21)28-16/h2-15H,1H3. The first-order chi connectivity index (χ1) is 14.0. The highest BCUT2D eigenvalue weighted by Crippen LogP contribution is 2.35. The minimum atomic E-state index is -0.0873. The molecule has 2 nitrogen and oxygen atoms in total. The van der Waals surface area contributed by atoms with Crippen LogP contribution in [0.2, 0.25) is 5.02 Å². The van der Waals surface area contributed by atoms with Gasteiger partial charge in [0, 0.05) is 26.1 Å². The van der Waals surface area contributed by atoms with Gasteiger partial charge in [0.1, 0.15) is 0 Å². The number of rotatable bonds is 4. The van der Waals surface area contributed by atoms with Crippen LogP contribution in [-0.2, 0) is 0 Å². The Morgan fingerprint density at radius 1 is 1.00 bits per heavy atom. The number of benzene rings is 3. The second-order valence-electron chi connectivity index (χ2n) is 6.73. The molecular weight excluding hydrogens is 446 g/mol. The van der Waals surface area contributed by atoms with Gasteiger partial charge in [-0.3, -0.25) is 9.78 Å². The van der Waals surface area contributed by atoms with Gasteiger partial charge in [-0.25, -0.2) is 0 Å². The third-order valence-electron chi connectivity index (χ3n) is 4.71. The number of aryl methyl sites for hydroxylation is 1. The molecule has 0 aliphatic heterocycles. The zero-order valence-corrected chi connectivity index (χ0v) is 18.0. The molecule has 0 aliphatic rings. The first kappa shape index (κ1) is 19.6. The molecule has 4 heteroatoms. The number of nitrogens with zero attached hydrogens (tertiary/aromatic N) is 1. The molecule has 0 radical (unpaired) electrons. The number of carbonyl (C=O) groups excluding carboxylic acids is 1. The maximum Gasteiger partial charge on any atom is 0.188 e. The van der Waals surface area contributed by atoms with E-state index in [2.05, 4.69) is 20.9 Å². The lowest BCUT2D eigenvalue weighted by Crippen LogP contribution is -2.05. The van der Waals surface area contributed by atoms with Gasteiger partial charge in [0.15, 0.2) is 5.78 Å². The summed E-state index contributed by atoms with van der Waals surface area (Å²) in [6.45, 7) is 1.88. The van der Waals surface area contributed by atoms with Crippen molar-refractivity contribution >= 4 is 50.3 Å². The molecule has 0 unspecified atom stereocenters. The van der Waals surface area contributed by atoms with Crippen LogP contribution in [0.15, 0.2) is 83.3 Å². The lowest BCUT2D eigenvalue weighted by Gasteiger charge is -2.14. The Hall–Kier alpha value is -2.75. The molecule has 142 valence electrons. The molecule has 0 N–H and O–H groups in total. The van der Waals surface area contributed by atoms with E-state index < -0.39 is 0 Å². The van der Waals surface area contributed by atoms with E-state index in [1.54, 1.807) is 6.08 Å². The molecule has 3 aromatic carbocycles. The highest BCUT2D eigenvalue weighted by molar-refractivity contribution is 9.10. The van der Waals surface area contributed by atoms with E-state index in [0.29, 0.717) is 16.3 Å². The SMILES string of the molecule is Cc1nc2ccc(Cl)cc2c(-c2ccccc2)c1C(=O)C=Cc1cccc(Br)c1. The summed E-state index contributed by atoms with van der Waals surface area (Å²) in [6.07, 6.45) is 3.43. The molecule has 29 heavy (non-hydrogen) atoms. The number of hydrogen-bond acceptors (Lipinski definition) is 2. The summed E-state index contributed by atoms with van der Waals surface area (Å²) in [5, 5.41) is 1.48.